The molecule has 3 aliphatic heterocycles. The SMILES string of the molecule is CCOC(=O)C1=C(C=O)/C(=C2\CCC(=O)[C@H](c3ccc4[nH]ccc4c3)C2)c2c(OC)c3c(c(CO)c2O1)O[C@H]([C@@](O)(CCCCO)C1CCNCC1)C3. The van der Waals surface area contributed by atoms with E-state index in [1.54, 1.807) is 6.92 Å². The lowest BCUT2D eigenvalue weighted by atomic mass is 9.73. The van der Waals surface area contributed by atoms with Crippen molar-refractivity contribution in [2.24, 2.45) is 5.92 Å². The maximum absolute atomic E-state index is 13.6. The summed E-state index contributed by atoms with van der Waals surface area (Å²) in [6.07, 6.45) is 5.85. The summed E-state index contributed by atoms with van der Waals surface area (Å²) in [5.74, 6) is -0.898. The summed E-state index contributed by atoms with van der Waals surface area (Å²) in [5.41, 5.74) is 2.98. The number of hydrogen-bond acceptors (Lipinski definition) is 11. The molecule has 1 saturated heterocycles. The van der Waals surface area contributed by atoms with Crippen molar-refractivity contribution < 1.29 is 48.7 Å². The first-order valence-electron chi connectivity index (χ1n) is 18.7. The molecule has 53 heavy (non-hydrogen) atoms. The number of methoxy groups -OCH3 is 1. The molecule has 1 aromatic heterocycles. The van der Waals surface area contributed by atoms with Crippen LogP contribution in [0.15, 0.2) is 47.4 Å². The Bertz CT molecular complexity index is 1970. The van der Waals surface area contributed by atoms with Crippen LogP contribution in [0, 0.1) is 5.92 Å². The van der Waals surface area contributed by atoms with Crippen molar-refractivity contribution in [2.45, 2.75) is 88.9 Å². The quantitative estimate of drug-likeness (QED) is 0.100. The zero-order valence-electron chi connectivity index (χ0n) is 30.3. The summed E-state index contributed by atoms with van der Waals surface area (Å²) in [6, 6.07) is 7.84. The first-order valence-corrected chi connectivity index (χ1v) is 18.7. The zero-order valence-corrected chi connectivity index (χ0v) is 30.3. The van der Waals surface area contributed by atoms with E-state index in [0.717, 1.165) is 48.0 Å². The number of aldehydes is 1. The van der Waals surface area contributed by atoms with Gasteiger partial charge in [0.2, 0.25) is 5.76 Å². The number of aromatic amines is 1. The molecule has 3 atom stereocenters. The van der Waals surface area contributed by atoms with E-state index in [2.05, 4.69) is 10.3 Å². The van der Waals surface area contributed by atoms with Gasteiger partial charge in [-0.3, -0.25) is 9.59 Å². The molecular formula is C41H48N2O10. The molecule has 5 N–H and O–H groups in total. The van der Waals surface area contributed by atoms with Gasteiger partial charge in [0, 0.05) is 48.2 Å². The van der Waals surface area contributed by atoms with Gasteiger partial charge in [-0.15, -0.1) is 0 Å². The van der Waals surface area contributed by atoms with Crippen LogP contribution in [-0.2, 0) is 32.1 Å². The number of carbonyl (C=O) groups is 3. The molecule has 12 nitrogen and oxygen atoms in total. The summed E-state index contributed by atoms with van der Waals surface area (Å²) >= 11 is 0. The van der Waals surface area contributed by atoms with Crippen LogP contribution in [0.5, 0.6) is 17.2 Å². The maximum atomic E-state index is 13.6. The molecule has 7 rings (SSSR count). The van der Waals surface area contributed by atoms with Crippen LogP contribution >= 0.6 is 0 Å². The Kier molecular flexibility index (Phi) is 10.8. The van der Waals surface area contributed by atoms with Crippen molar-refractivity contribution in [1.82, 2.24) is 10.3 Å². The van der Waals surface area contributed by atoms with E-state index >= 15 is 0 Å². The minimum atomic E-state index is -1.25. The number of ketones is 1. The van der Waals surface area contributed by atoms with Gasteiger partial charge in [0.05, 0.1) is 37.0 Å². The van der Waals surface area contributed by atoms with Crippen LogP contribution in [0.2, 0.25) is 0 Å². The molecule has 0 bridgehead atoms. The van der Waals surface area contributed by atoms with Gasteiger partial charge >= 0.3 is 5.97 Å². The average molecular weight is 729 g/mol. The summed E-state index contributed by atoms with van der Waals surface area (Å²) in [6.45, 7) is 2.68. The monoisotopic (exact) mass is 728 g/mol. The molecule has 2 fully saturated rings. The minimum Gasteiger partial charge on any atom is -0.496 e. The van der Waals surface area contributed by atoms with E-state index in [1.807, 2.05) is 30.5 Å². The lowest BCUT2D eigenvalue weighted by Crippen LogP contribution is -2.53. The van der Waals surface area contributed by atoms with E-state index in [0.29, 0.717) is 60.2 Å². The number of Topliss-reactive ketones (excluding diaryl/α,β-unsaturated/α-hetero) is 1. The third-order valence-corrected chi connectivity index (χ3v) is 11.5. The molecule has 4 heterocycles. The van der Waals surface area contributed by atoms with Gasteiger partial charge in [-0.1, -0.05) is 11.6 Å². The van der Waals surface area contributed by atoms with Crippen molar-refractivity contribution in [3.05, 3.63) is 69.6 Å². The number of ether oxygens (including phenoxy) is 4. The van der Waals surface area contributed by atoms with Crippen LogP contribution in [0.4, 0.5) is 0 Å². The number of aliphatic hydroxyl groups is 3. The molecule has 0 spiro atoms. The Balaban J connectivity index is 1.40. The molecule has 3 aromatic rings. The number of aromatic nitrogens is 1. The van der Waals surface area contributed by atoms with Gasteiger partial charge < -0.3 is 44.6 Å². The Morgan fingerprint density at radius 1 is 1.09 bits per heavy atom. The number of hydrogen-bond donors (Lipinski definition) is 5. The first-order chi connectivity index (χ1) is 25.8. The number of fused-ring (bicyclic) bond motifs is 3. The summed E-state index contributed by atoms with van der Waals surface area (Å²) in [4.78, 5) is 43.4. The van der Waals surface area contributed by atoms with E-state index in [9.17, 15) is 29.7 Å². The first kappa shape index (κ1) is 36.9. The molecular weight excluding hydrogens is 680 g/mol. The van der Waals surface area contributed by atoms with Gasteiger partial charge in [-0.05, 0) is 100 Å². The highest BCUT2D eigenvalue weighted by Gasteiger charge is 2.50. The van der Waals surface area contributed by atoms with Crippen LogP contribution in [0.3, 0.4) is 0 Å². The number of benzene rings is 2. The number of H-pyrrole nitrogens is 1. The number of aliphatic hydroxyl groups excluding tert-OH is 2. The van der Waals surface area contributed by atoms with E-state index < -0.39 is 30.2 Å². The summed E-state index contributed by atoms with van der Waals surface area (Å²) < 4.78 is 24.5. The van der Waals surface area contributed by atoms with Gasteiger partial charge in [-0.2, -0.15) is 0 Å². The van der Waals surface area contributed by atoms with E-state index in [1.165, 1.54) is 7.11 Å². The van der Waals surface area contributed by atoms with E-state index in [4.69, 9.17) is 18.9 Å². The Morgan fingerprint density at radius 3 is 2.62 bits per heavy atom. The lowest BCUT2D eigenvalue weighted by molar-refractivity contribution is -0.141. The number of allylic oxidation sites excluding steroid dienone is 3. The fourth-order valence-electron chi connectivity index (χ4n) is 8.91. The average Bonchev–Trinajstić information content (AvgIpc) is 3.85. The molecule has 2 aromatic carbocycles. The number of rotatable bonds is 12. The fraction of sp³-hybridized carbons (Fsp3) is 0.488. The van der Waals surface area contributed by atoms with Gasteiger partial charge in [0.25, 0.3) is 0 Å². The number of nitrogens with one attached hydrogen (secondary N) is 2. The van der Waals surface area contributed by atoms with Crippen LogP contribution in [0.25, 0.3) is 16.5 Å². The Labute approximate surface area is 308 Å². The number of piperidine rings is 1. The van der Waals surface area contributed by atoms with E-state index in [-0.39, 0.29) is 66.8 Å². The topological polar surface area (TPSA) is 177 Å². The molecule has 0 amide bonds. The van der Waals surface area contributed by atoms with Gasteiger partial charge in [0.1, 0.15) is 34.7 Å². The largest absolute Gasteiger partial charge is 0.496 e. The molecule has 1 saturated carbocycles. The smallest absolute Gasteiger partial charge is 0.375 e. The fourth-order valence-corrected chi connectivity index (χ4v) is 8.91. The third-order valence-electron chi connectivity index (χ3n) is 11.5. The Hall–Kier alpha value is -4.49. The third kappa shape index (κ3) is 6.56. The molecule has 12 heteroatoms. The van der Waals surface area contributed by atoms with Crippen LogP contribution in [-0.4, -0.2) is 83.5 Å². The second kappa shape index (κ2) is 15.5. The standard InChI is InChI=1S/C41H48N2O10/c1-3-51-40(48)39-29(21-45)34(25-7-9-32(47)27(19-25)23-6-8-31-24(18-23)10-16-43-31)35-37(50-2)28-20-33(52-36(28)30(22-46)38(35)53-39)41(49,13-4-5-17-44)26-11-14-42-15-12-26/h6,8,10,16,18,21,26-27,33,42-44,46,49H,3-5,7,9,11-15,17,19-20,22H2,1-2H3/b34-25-/t27-,33-,41+/m0/s1. The second-order valence-corrected chi connectivity index (χ2v) is 14.4. The van der Waals surface area contributed by atoms with Crippen molar-refractivity contribution in [3.8, 4) is 17.2 Å². The van der Waals surface area contributed by atoms with Gasteiger partial charge in [-0.25, -0.2) is 4.79 Å². The molecule has 1 aliphatic carbocycles. The highest BCUT2D eigenvalue weighted by molar-refractivity contribution is 6.11. The second-order valence-electron chi connectivity index (χ2n) is 14.4. The predicted octanol–water partition coefficient (Wildman–Crippen LogP) is 4.56. The molecule has 282 valence electrons. The molecule has 4 aliphatic rings. The zero-order chi connectivity index (χ0) is 37.3. The highest BCUT2D eigenvalue weighted by Crippen LogP contribution is 2.57. The normalized spacial score (nSPS) is 22.8. The highest BCUT2D eigenvalue weighted by atomic mass is 16.6. The van der Waals surface area contributed by atoms with Crippen LogP contribution < -0.4 is 19.5 Å². The molecule has 0 radical (unpaired) electrons. The number of esters is 1. The predicted molar refractivity (Wildman–Crippen MR) is 196 cm³/mol. The van der Waals surface area contributed by atoms with Crippen molar-refractivity contribution in [1.29, 1.82) is 0 Å². The number of carbonyl (C=O) groups excluding carboxylic acids is 3. The molecule has 0 unspecified atom stereocenters. The minimum absolute atomic E-state index is 0.0140. The lowest BCUT2D eigenvalue weighted by Gasteiger charge is -2.42. The maximum Gasteiger partial charge on any atom is 0.375 e. The van der Waals surface area contributed by atoms with Crippen LogP contribution in [0.1, 0.15) is 86.5 Å². The van der Waals surface area contributed by atoms with Crippen molar-refractivity contribution in [3.63, 3.8) is 0 Å². The van der Waals surface area contributed by atoms with Gasteiger partial charge in [0.15, 0.2) is 6.29 Å². The van der Waals surface area contributed by atoms with Crippen molar-refractivity contribution in [2.75, 3.05) is 33.4 Å². The summed E-state index contributed by atoms with van der Waals surface area (Å²) in [5, 5.41) is 37.4. The van der Waals surface area contributed by atoms with Crippen molar-refractivity contribution >= 4 is 34.5 Å². The Morgan fingerprint density at radius 2 is 1.91 bits per heavy atom. The number of unbranched alkanes of at least 4 members (excludes halogenated alkanes) is 1. The summed E-state index contributed by atoms with van der Waals surface area (Å²) in [7, 11) is 1.51.